The molecule has 4 heteroatoms. The fourth-order valence-electron chi connectivity index (χ4n) is 2.80. The number of benzene rings is 1. The standard InChI is InChI=1S/C12H14N2O2/c1-6-2-7(15)3-8-9-4-13-5-10(9)14-12(16)11(6)8/h2-3,9-10,13,15H,4-5H2,1H3,(H,14,16)/t9-,10+/m1/s1. The number of hydrogen-bond donors (Lipinski definition) is 3. The van der Waals surface area contributed by atoms with E-state index in [0.29, 0.717) is 5.92 Å². The second kappa shape index (κ2) is 3.22. The van der Waals surface area contributed by atoms with Crippen LogP contribution in [0.15, 0.2) is 12.1 Å². The highest BCUT2D eigenvalue weighted by Gasteiger charge is 2.37. The zero-order valence-electron chi connectivity index (χ0n) is 9.08. The molecule has 0 bridgehead atoms. The number of carbonyl (C=O) groups excluding carboxylic acids is 1. The molecule has 3 rings (SSSR count). The highest BCUT2D eigenvalue weighted by atomic mass is 16.3. The molecule has 1 aromatic carbocycles. The molecule has 4 nitrogen and oxygen atoms in total. The molecular weight excluding hydrogens is 204 g/mol. The van der Waals surface area contributed by atoms with Gasteiger partial charge in [-0.1, -0.05) is 0 Å². The third kappa shape index (κ3) is 1.23. The Bertz CT molecular complexity index is 470. The number of amides is 1. The van der Waals surface area contributed by atoms with E-state index in [-0.39, 0.29) is 17.7 Å². The molecule has 0 radical (unpaired) electrons. The minimum Gasteiger partial charge on any atom is -0.508 e. The predicted molar refractivity (Wildman–Crippen MR) is 59.7 cm³/mol. The van der Waals surface area contributed by atoms with Gasteiger partial charge in [-0.05, 0) is 30.2 Å². The first-order valence-electron chi connectivity index (χ1n) is 5.52. The largest absolute Gasteiger partial charge is 0.508 e. The van der Waals surface area contributed by atoms with Gasteiger partial charge in [0.25, 0.3) is 5.91 Å². The van der Waals surface area contributed by atoms with Gasteiger partial charge in [0, 0.05) is 30.6 Å². The summed E-state index contributed by atoms with van der Waals surface area (Å²) in [6.45, 7) is 3.53. The second-order valence-electron chi connectivity index (χ2n) is 4.57. The molecule has 2 aliphatic heterocycles. The van der Waals surface area contributed by atoms with Crippen LogP contribution in [0.5, 0.6) is 5.75 Å². The summed E-state index contributed by atoms with van der Waals surface area (Å²) in [5, 5.41) is 15.9. The van der Waals surface area contributed by atoms with Gasteiger partial charge in [-0.25, -0.2) is 0 Å². The maximum atomic E-state index is 11.9. The SMILES string of the molecule is Cc1cc(O)cc2c1C(=O)N[C@H]1CNC[C@H]21. The van der Waals surface area contributed by atoms with Crippen molar-refractivity contribution in [2.24, 2.45) is 0 Å². The molecule has 0 saturated carbocycles. The first-order chi connectivity index (χ1) is 7.66. The van der Waals surface area contributed by atoms with Crippen LogP contribution in [0.1, 0.15) is 27.4 Å². The quantitative estimate of drug-likeness (QED) is 0.594. The van der Waals surface area contributed by atoms with Gasteiger partial charge in [0.2, 0.25) is 0 Å². The smallest absolute Gasteiger partial charge is 0.252 e. The van der Waals surface area contributed by atoms with E-state index < -0.39 is 0 Å². The molecule has 2 aliphatic rings. The van der Waals surface area contributed by atoms with Crippen LogP contribution in [-0.2, 0) is 0 Å². The van der Waals surface area contributed by atoms with Gasteiger partial charge in [0.05, 0.1) is 0 Å². The number of rotatable bonds is 0. The van der Waals surface area contributed by atoms with Crippen LogP contribution in [0.2, 0.25) is 0 Å². The molecular formula is C12H14N2O2. The zero-order chi connectivity index (χ0) is 11.3. The van der Waals surface area contributed by atoms with Crippen molar-refractivity contribution in [3.05, 3.63) is 28.8 Å². The normalized spacial score (nSPS) is 27.2. The Hall–Kier alpha value is -1.55. The van der Waals surface area contributed by atoms with Crippen molar-refractivity contribution in [1.82, 2.24) is 10.6 Å². The monoisotopic (exact) mass is 218 g/mol. The summed E-state index contributed by atoms with van der Waals surface area (Å²) < 4.78 is 0. The fraction of sp³-hybridized carbons (Fsp3) is 0.417. The van der Waals surface area contributed by atoms with Gasteiger partial charge in [-0.3, -0.25) is 4.79 Å². The van der Waals surface area contributed by atoms with Crippen molar-refractivity contribution in [2.75, 3.05) is 13.1 Å². The van der Waals surface area contributed by atoms with E-state index in [1.54, 1.807) is 12.1 Å². The average molecular weight is 218 g/mol. The predicted octanol–water partition coefficient (Wildman–Crippen LogP) is 0.499. The van der Waals surface area contributed by atoms with Crippen LogP contribution in [0.3, 0.4) is 0 Å². The summed E-state index contributed by atoms with van der Waals surface area (Å²) >= 11 is 0. The third-order valence-corrected chi connectivity index (χ3v) is 3.51. The molecule has 3 N–H and O–H groups in total. The van der Waals surface area contributed by atoms with Crippen molar-refractivity contribution >= 4 is 5.91 Å². The topological polar surface area (TPSA) is 61.4 Å². The Kier molecular flexibility index (Phi) is 1.94. The molecule has 1 saturated heterocycles. The summed E-state index contributed by atoms with van der Waals surface area (Å²) in [7, 11) is 0. The van der Waals surface area contributed by atoms with Crippen LogP contribution in [-0.4, -0.2) is 30.1 Å². The van der Waals surface area contributed by atoms with Gasteiger partial charge >= 0.3 is 0 Å². The van der Waals surface area contributed by atoms with Crippen molar-refractivity contribution < 1.29 is 9.90 Å². The van der Waals surface area contributed by atoms with Gasteiger partial charge in [0.15, 0.2) is 0 Å². The number of phenols is 1. The molecule has 0 unspecified atom stereocenters. The maximum absolute atomic E-state index is 11.9. The number of aromatic hydroxyl groups is 1. The zero-order valence-corrected chi connectivity index (χ0v) is 9.08. The van der Waals surface area contributed by atoms with Crippen LogP contribution >= 0.6 is 0 Å². The van der Waals surface area contributed by atoms with Crippen molar-refractivity contribution in [3.63, 3.8) is 0 Å². The lowest BCUT2D eigenvalue weighted by Crippen LogP contribution is -2.44. The van der Waals surface area contributed by atoms with Crippen molar-refractivity contribution in [2.45, 2.75) is 18.9 Å². The van der Waals surface area contributed by atoms with E-state index >= 15 is 0 Å². The lowest BCUT2D eigenvalue weighted by Gasteiger charge is -2.29. The summed E-state index contributed by atoms with van der Waals surface area (Å²) in [5.74, 6) is 0.521. The van der Waals surface area contributed by atoms with Crippen LogP contribution in [0.4, 0.5) is 0 Å². The van der Waals surface area contributed by atoms with E-state index in [0.717, 1.165) is 29.8 Å². The molecule has 1 aromatic rings. The van der Waals surface area contributed by atoms with Crippen LogP contribution in [0.25, 0.3) is 0 Å². The van der Waals surface area contributed by atoms with Gasteiger partial charge in [-0.2, -0.15) is 0 Å². The Morgan fingerprint density at radius 2 is 2.19 bits per heavy atom. The Balaban J connectivity index is 2.20. The number of nitrogens with one attached hydrogen (secondary N) is 2. The van der Waals surface area contributed by atoms with Gasteiger partial charge < -0.3 is 15.7 Å². The maximum Gasteiger partial charge on any atom is 0.252 e. The van der Waals surface area contributed by atoms with E-state index in [4.69, 9.17) is 0 Å². The Morgan fingerprint density at radius 1 is 1.38 bits per heavy atom. The third-order valence-electron chi connectivity index (χ3n) is 3.51. The molecule has 1 amide bonds. The van der Waals surface area contributed by atoms with Crippen LogP contribution in [0, 0.1) is 6.92 Å². The molecule has 0 spiro atoms. The van der Waals surface area contributed by atoms with E-state index in [1.807, 2.05) is 6.92 Å². The van der Waals surface area contributed by atoms with Gasteiger partial charge in [0.1, 0.15) is 5.75 Å². The molecule has 84 valence electrons. The van der Waals surface area contributed by atoms with Crippen LogP contribution < -0.4 is 10.6 Å². The van der Waals surface area contributed by atoms with Crippen molar-refractivity contribution in [3.8, 4) is 5.75 Å². The molecule has 2 atom stereocenters. The number of fused-ring (bicyclic) bond motifs is 3. The second-order valence-corrected chi connectivity index (χ2v) is 4.57. The molecule has 0 aliphatic carbocycles. The highest BCUT2D eigenvalue weighted by Crippen LogP contribution is 2.34. The molecule has 1 fully saturated rings. The lowest BCUT2D eigenvalue weighted by atomic mass is 9.84. The minimum atomic E-state index is -0.0163. The molecule has 0 aromatic heterocycles. The van der Waals surface area contributed by atoms with E-state index in [9.17, 15) is 9.90 Å². The fourth-order valence-corrected chi connectivity index (χ4v) is 2.80. The molecule has 2 heterocycles. The number of aryl methyl sites for hydroxylation is 1. The van der Waals surface area contributed by atoms with Gasteiger partial charge in [-0.15, -0.1) is 0 Å². The number of hydrogen-bond acceptors (Lipinski definition) is 3. The number of carbonyl (C=O) groups is 1. The molecule has 16 heavy (non-hydrogen) atoms. The Labute approximate surface area is 93.7 Å². The summed E-state index contributed by atoms with van der Waals surface area (Å²) in [4.78, 5) is 11.9. The lowest BCUT2D eigenvalue weighted by molar-refractivity contribution is 0.0923. The highest BCUT2D eigenvalue weighted by molar-refractivity contribution is 5.99. The number of phenolic OH excluding ortho intramolecular Hbond substituents is 1. The Morgan fingerprint density at radius 3 is 3.00 bits per heavy atom. The summed E-state index contributed by atoms with van der Waals surface area (Å²) in [6, 6.07) is 3.54. The van der Waals surface area contributed by atoms with E-state index in [2.05, 4.69) is 10.6 Å². The summed E-state index contributed by atoms with van der Waals surface area (Å²) in [6.07, 6.45) is 0. The first kappa shape index (κ1) is 9.66. The average Bonchev–Trinajstić information content (AvgIpc) is 2.64. The summed E-state index contributed by atoms with van der Waals surface area (Å²) in [5.41, 5.74) is 2.57. The van der Waals surface area contributed by atoms with E-state index in [1.165, 1.54) is 0 Å². The van der Waals surface area contributed by atoms with Crippen molar-refractivity contribution in [1.29, 1.82) is 0 Å². The minimum absolute atomic E-state index is 0.0163. The first-order valence-corrected chi connectivity index (χ1v) is 5.52.